The maximum atomic E-state index is 16.9. The van der Waals surface area contributed by atoms with Crippen molar-refractivity contribution in [1.82, 2.24) is 0 Å². The normalized spacial score (nSPS) is 52.2. The lowest BCUT2D eigenvalue weighted by Gasteiger charge is -2.63. The Balaban J connectivity index is 1.83. The third-order valence-electron chi connectivity index (χ3n) is 8.96. The maximum Gasteiger partial charge on any atom is 0.335 e. The molecule has 0 spiro atoms. The van der Waals surface area contributed by atoms with E-state index < -0.39 is 58.0 Å². The van der Waals surface area contributed by atoms with Crippen molar-refractivity contribution in [2.75, 3.05) is 0 Å². The van der Waals surface area contributed by atoms with E-state index in [0.717, 1.165) is 0 Å². The second-order valence-corrected chi connectivity index (χ2v) is 9.97. The highest BCUT2D eigenvalue weighted by Gasteiger charge is 2.75. The number of aliphatic carboxylic acids is 1. The zero-order valence-electron chi connectivity index (χ0n) is 16.9. The van der Waals surface area contributed by atoms with E-state index in [0.29, 0.717) is 24.8 Å². The predicted molar refractivity (Wildman–Crippen MR) is 101 cm³/mol. The van der Waals surface area contributed by atoms with Crippen molar-refractivity contribution in [3.63, 3.8) is 0 Å². The fraction of sp³-hybridized carbons (Fsp3) is 0.727. The molecule has 0 amide bonds. The van der Waals surface area contributed by atoms with Crippen molar-refractivity contribution in [1.29, 1.82) is 0 Å². The summed E-state index contributed by atoms with van der Waals surface area (Å²) in [4.78, 5) is 23.4. The molecule has 0 aromatic rings. The Morgan fingerprint density at radius 2 is 1.97 bits per heavy atom. The Kier molecular flexibility index (Phi) is 4.27. The second kappa shape index (κ2) is 5.99. The van der Waals surface area contributed by atoms with E-state index in [1.165, 1.54) is 12.2 Å². The molecule has 0 heterocycles. The third-order valence-corrected chi connectivity index (χ3v) is 8.96. The summed E-state index contributed by atoms with van der Waals surface area (Å²) in [5, 5.41) is 42.4. The van der Waals surface area contributed by atoms with Gasteiger partial charge in [-0.25, -0.2) is 9.18 Å². The summed E-state index contributed by atoms with van der Waals surface area (Å²) in [5.41, 5.74) is -5.65. The van der Waals surface area contributed by atoms with Gasteiger partial charge in [0.25, 0.3) is 0 Å². The summed E-state index contributed by atoms with van der Waals surface area (Å²) in [6.45, 7) is 5.05. The lowest BCUT2D eigenvalue weighted by Crippen LogP contribution is -2.70. The fourth-order valence-corrected chi connectivity index (χ4v) is 7.35. The first kappa shape index (κ1) is 20.7. The molecule has 3 saturated carbocycles. The smallest absolute Gasteiger partial charge is 0.335 e. The van der Waals surface area contributed by atoms with Crippen LogP contribution in [0.25, 0.3) is 0 Å². The van der Waals surface area contributed by atoms with Crippen LogP contribution in [-0.4, -0.2) is 55.7 Å². The van der Waals surface area contributed by atoms with Gasteiger partial charge < -0.3 is 20.4 Å². The van der Waals surface area contributed by atoms with Crippen molar-refractivity contribution < 1.29 is 34.4 Å². The van der Waals surface area contributed by atoms with Crippen molar-refractivity contribution in [2.24, 2.45) is 28.6 Å². The molecule has 3 fully saturated rings. The Bertz CT molecular complexity index is 837. The lowest BCUT2D eigenvalue weighted by atomic mass is 9.44. The highest BCUT2D eigenvalue weighted by molar-refractivity contribution is 6.01. The van der Waals surface area contributed by atoms with E-state index in [2.05, 4.69) is 0 Å². The Hall–Kier alpha value is -1.57. The van der Waals surface area contributed by atoms with Gasteiger partial charge in [-0.05, 0) is 56.6 Å². The number of aliphatic hydroxyl groups is 3. The number of carbonyl (C=O) groups excluding carboxylic acids is 1. The fourth-order valence-electron chi connectivity index (χ4n) is 7.35. The van der Waals surface area contributed by atoms with Gasteiger partial charge in [0, 0.05) is 16.7 Å². The van der Waals surface area contributed by atoms with E-state index in [9.17, 15) is 30.0 Å². The Morgan fingerprint density at radius 3 is 2.59 bits per heavy atom. The predicted octanol–water partition coefficient (Wildman–Crippen LogP) is 1.78. The minimum absolute atomic E-state index is 0.166. The zero-order chi connectivity index (χ0) is 21.6. The van der Waals surface area contributed by atoms with Gasteiger partial charge in [-0.3, -0.25) is 4.79 Å². The summed E-state index contributed by atoms with van der Waals surface area (Å²) in [5.74, 6) is -3.33. The molecule has 0 aliphatic heterocycles. The number of hydrogen-bond acceptors (Lipinski definition) is 5. The molecule has 4 aliphatic carbocycles. The van der Waals surface area contributed by atoms with Crippen molar-refractivity contribution in [3.8, 4) is 0 Å². The minimum atomic E-state index is -2.04. The van der Waals surface area contributed by atoms with Crippen molar-refractivity contribution in [2.45, 2.75) is 69.9 Å². The number of ketones is 1. The summed E-state index contributed by atoms with van der Waals surface area (Å²) in [6, 6.07) is 0. The number of carboxylic acid groups (broad SMARTS) is 1. The van der Waals surface area contributed by atoms with E-state index in [1.807, 2.05) is 0 Å². The average Bonchev–Trinajstić information content (AvgIpc) is 2.84. The molecule has 6 nitrogen and oxygen atoms in total. The number of rotatable bonds is 2. The highest BCUT2D eigenvalue weighted by Crippen LogP contribution is 2.71. The van der Waals surface area contributed by atoms with E-state index >= 15 is 4.39 Å². The molecular formula is C22H29FO6. The summed E-state index contributed by atoms with van der Waals surface area (Å²) >= 11 is 0. The lowest BCUT2D eigenvalue weighted by molar-refractivity contribution is -0.240. The molecule has 4 aliphatic rings. The molecule has 4 N–H and O–H groups in total. The molecular weight excluding hydrogens is 379 g/mol. The minimum Gasteiger partial charge on any atom is -0.479 e. The highest BCUT2D eigenvalue weighted by atomic mass is 19.1. The summed E-state index contributed by atoms with van der Waals surface area (Å²) in [6.07, 6.45) is 1.94. The van der Waals surface area contributed by atoms with Crippen LogP contribution in [0.3, 0.4) is 0 Å². The van der Waals surface area contributed by atoms with Gasteiger partial charge >= 0.3 is 5.97 Å². The maximum absolute atomic E-state index is 16.9. The molecule has 0 aromatic heterocycles. The molecule has 7 heteroatoms. The molecule has 0 saturated heterocycles. The summed E-state index contributed by atoms with van der Waals surface area (Å²) < 4.78 is 16.9. The zero-order valence-corrected chi connectivity index (χ0v) is 16.9. The van der Waals surface area contributed by atoms with Gasteiger partial charge in [-0.15, -0.1) is 0 Å². The summed E-state index contributed by atoms with van der Waals surface area (Å²) in [7, 11) is 0. The second-order valence-electron chi connectivity index (χ2n) is 9.97. The number of hydrogen-bond donors (Lipinski definition) is 4. The molecule has 2 unspecified atom stereocenters. The van der Waals surface area contributed by atoms with Crippen LogP contribution in [0.2, 0.25) is 0 Å². The quantitative estimate of drug-likeness (QED) is 0.554. The van der Waals surface area contributed by atoms with Gasteiger partial charge in [0.05, 0.1) is 6.10 Å². The SMILES string of the molecule is CC1C[C@H]2[C@@H]3CCC4=CC(=O)C=C[C@]4(C)[C@@]3(F)C(O)C[C@]2(C)[C@@]1(O)[C@H](O)C(=O)O. The number of halogens is 1. The van der Waals surface area contributed by atoms with Gasteiger partial charge in [-0.2, -0.15) is 0 Å². The van der Waals surface area contributed by atoms with Crippen molar-refractivity contribution >= 4 is 11.8 Å². The van der Waals surface area contributed by atoms with Crippen LogP contribution in [0.4, 0.5) is 4.39 Å². The number of allylic oxidation sites excluding steroid dienone is 4. The number of alkyl halides is 1. The van der Waals surface area contributed by atoms with Crippen molar-refractivity contribution in [3.05, 3.63) is 23.8 Å². The van der Waals surface area contributed by atoms with Crippen LogP contribution in [0, 0.1) is 28.6 Å². The molecule has 4 rings (SSSR count). The third kappa shape index (κ3) is 2.21. The molecule has 0 radical (unpaired) electrons. The van der Waals surface area contributed by atoms with Crippen LogP contribution < -0.4 is 0 Å². The first-order valence-corrected chi connectivity index (χ1v) is 10.3. The number of aliphatic hydroxyl groups excluding tert-OH is 2. The van der Waals surface area contributed by atoms with Crippen LogP contribution in [0.15, 0.2) is 23.8 Å². The first-order chi connectivity index (χ1) is 13.3. The Labute approximate surface area is 169 Å². The van der Waals surface area contributed by atoms with Gasteiger partial charge in [0.2, 0.25) is 0 Å². The molecule has 29 heavy (non-hydrogen) atoms. The van der Waals surface area contributed by atoms with Gasteiger partial charge in [0.15, 0.2) is 17.6 Å². The number of carbonyl (C=O) groups is 2. The topological polar surface area (TPSA) is 115 Å². The van der Waals surface area contributed by atoms with Crippen LogP contribution in [0.1, 0.15) is 46.5 Å². The number of carboxylic acids is 1. The standard InChI is InChI=1S/C22H29FO6/c1-11-8-15-14-5-4-12-9-13(24)6-7-19(12,2)21(14,23)16(25)10-20(15,3)22(11,29)17(26)18(27)28/h6-7,9,11,14-17,25-26,29H,4-5,8,10H2,1-3H3,(H,27,28)/t11?,14-,15-,16?,17+,19-,20-,21-,22-/m0/s1. The van der Waals surface area contributed by atoms with Crippen LogP contribution >= 0.6 is 0 Å². The number of fused-ring (bicyclic) bond motifs is 5. The average molecular weight is 408 g/mol. The molecule has 160 valence electrons. The largest absolute Gasteiger partial charge is 0.479 e. The van der Waals surface area contributed by atoms with Gasteiger partial charge in [-0.1, -0.05) is 25.5 Å². The molecule has 9 atom stereocenters. The van der Waals surface area contributed by atoms with Crippen LogP contribution in [0.5, 0.6) is 0 Å². The van der Waals surface area contributed by atoms with E-state index in [-0.39, 0.29) is 12.2 Å². The van der Waals surface area contributed by atoms with Crippen LogP contribution in [-0.2, 0) is 9.59 Å². The Morgan fingerprint density at radius 1 is 1.31 bits per heavy atom. The molecule has 0 aromatic carbocycles. The first-order valence-electron chi connectivity index (χ1n) is 10.3. The van der Waals surface area contributed by atoms with Gasteiger partial charge in [0.1, 0.15) is 5.60 Å². The monoisotopic (exact) mass is 408 g/mol. The molecule has 0 bridgehead atoms. The van der Waals surface area contributed by atoms with E-state index in [1.54, 1.807) is 26.8 Å². The van der Waals surface area contributed by atoms with E-state index in [4.69, 9.17) is 0 Å².